The van der Waals surface area contributed by atoms with Gasteiger partial charge in [-0.05, 0) is 61.5 Å². The Balaban J connectivity index is 1.77. The van der Waals surface area contributed by atoms with E-state index in [1.807, 2.05) is 43.3 Å². The van der Waals surface area contributed by atoms with Crippen LogP contribution in [0.15, 0.2) is 54.6 Å². The second-order valence-corrected chi connectivity index (χ2v) is 6.25. The van der Waals surface area contributed by atoms with E-state index >= 15 is 0 Å². The number of benzene rings is 2. The third-order valence-electron chi connectivity index (χ3n) is 3.83. The number of nitrogens with zero attached hydrogens (tertiary/aromatic N) is 3. The molecule has 0 saturated carbocycles. The Morgan fingerprint density at radius 1 is 0.963 bits per heavy atom. The van der Waals surface area contributed by atoms with Crippen molar-refractivity contribution in [1.29, 1.82) is 0 Å². The van der Waals surface area contributed by atoms with Crippen molar-refractivity contribution in [2.24, 2.45) is 0 Å². The number of halogens is 1. The van der Waals surface area contributed by atoms with Gasteiger partial charge in [-0.15, -0.1) is 0 Å². The molecular weight excluding hydrogens is 345 g/mol. The summed E-state index contributed by atoms with van der Waals surface area (Å²) in [6.07, 6.45) is 0. The molecule has 0 bridgehead atoms. The van der Waals surface area contributed by atoms with E-state index in [2.05, 4.69) is 20.6 Å². The predicted octanol–water partition coefficient (Wildman–Crippen LogP) is 3.99. The fraction of sp³-hybridized carbons (Fsp3) is 0.150. The average Bonchev–Trinajstić information content (AvgIpc) is 2.63. The van der Waals surface area contributed by atoms with Crippen LogP contribution in [0.5, 0.6) is 0 Å². The summed E-state index contributed by atoms with van der Waals surface area (Å²) in [6.45, 7) is 1.79. The van der Waals surface area contributed by atoms with Crippen molar-refractivity contribution < 1.29 is 9.18 Å². The van der Waals surface area contributed by atoms with Gasteiger partial charge in [-0.3, -0.25) is 4.79 Å². The van der Waals surface area contributed by atoms with Crippen molar-refractivity contribution >= 4 is 28.9 Å². The molecule has 2 N–H and O–H groups in total. The molecule has 3 rings (SSSR count). The summed E-state index contributed by atoms with van der Waals surface area (Å²) >= 11 is 0. The van der Waals surface area contributed by atoms with E-state index in [1.54, 1.807) is 13.0 Å². The largest absolute Gasteiger partial charge is 0.378 e. The molecule has 0 aliphatic rings. The van der Waals surface area contributed by atoms with Crippen LogP contribution in [0.2, 0.25) is 0 Å². The van der Waals surface area contributed by atoms with Crippen LogP contribution in [-0.4, -0.2) is 30.0 Å². The molecule has 0 spiro atoms. The van der Waals surface area contributed by atoms with Crippen molar-refractivity contribution in [2.75, 3.05) is 29.6 Å². The van der Waals surface area contributed by atoms with Gasteiger partial charge in [0.05, 0.1) is 0 Å². The maximum absolute atomic E-state index is 13.0. The third-order valence-corrected chi connectivity index (χ3v) is 3.83. The summed E-state index contributed by atoms with van der Waals surface area (Å²) in [6, 6.07) is 14.9. The lowest BCUT2D eigenvalue weighted by atomic mass is 10.2. The van der Waals surface area contributed by atoms with E-state index in [9.17, 15) is 9.18 Å². The minimum absolute atomic E-state index is 0.222. The van der Waals surface area contributed by atoms with E-state index < -0.39 is 5.91 Å². The minimum Gasteiger partial charge on any atom is -0.378 e. The molecule has 6 nitrogen and oxygen atoms in total. The number of aryl methyl sites for hydroxylation is 1. The Bertz CT molecular complexity index is 940. The first-order valence-corrected chi connectivity index (χ1v) is 8.38. The molecule has 0 fully saturated rings. The zero-order valence-corrected chi connectivity index (χ0v) is 15.3. The van der Waals surface area contributed by atoms with E-state index in [-0.39, 0.29) is 11.5 Å². The molecule has 1 aromatic heterocycles. The fourth-order valence-corrected chi connectivity index (χ4v) is 2.44. The molecule has 0 atom stereocenters. The Morgan fingerprint density at radius 3 is 2.22 bits per heavy atom. The monoisotopic (exact) mass is 365 g/mol. The normalized spacial score (nSPS) is 10.4. The summed E-state index contributed by atoms with van der Waals surface area (Å²) in [5.74, 6) is -0.423. The Morgan fingerprint density at radius 2 is 1.59 bits per heavy atom. The smallest absolute Gasteiger partial charge is 0.274 e. The number of amides is 1. The highest BCUT2D eigenvalue weighted by Crippen LogP contribution is 2.19. The molecule has 2 aromatic carbocycles. The lowest BCUT2D eigenvalue weighted by Gasteiger charge is -2.13. The molecule has 3 aromatic rings. The Hall–Kier alpha value is -3.48. The average molecular weight is 365 g/mol. The van der Waals surface area contributed by atoms with Gasteiger partial charge >= 0.3 is 0 Å². The van der Waals surface area contributed by atoms with Gasteiger partial charge < -0.3 is 15.5 Å². The zero-order valence-electron chi connectivity index (χ0n) is 15.3. The number of carbonyl (C=O) groups is 1. The molecule has 0 aliphatic carbocycles. The molecule has 0 radical (unpaired) electrons. The maximum atomic E-state index is 13.0. The minimum atomic E-state index is -0.391. The van der Waals surface area contributed by atoms with Gasteiger partial charge in [0.15, 0.2) is 0 Å². The van der Waals surface area contributed by atoms with Crippen molar-refractivity contribution in [3.05, 3.63) is 71.8 Å². The highest BCUT2D eigenvalue weighted by atomic mass is 19.1. The third kappa shape index (κ3) is 4.78. The standard InChI is InChI=1S/C20H20FN5O/c1-13-12-18(19(27)23-15-6-4-14(21)5-7-15)25-20(22-13)24-16-8-10-17(11-9-16)26(2)3/h4-12H,1-3H3,(H,23,27)(H,22,24,25). The SMILES string of the molecule is Cc1cc(C(=O)Nc2ccc(F)cc2)nc(Nc2ccc(N(C)C)cc2)n1. The molecule has 1 amide bonds. The fourth-order valence-electron chi connectivity index (χ4n) is 2.44. The van der Waals surface area contributed by atoms with Crippen LogP contribution in [0, 0.1) is 12.7 Å². The van der Waals surface area contributed by atoms with Crippen LogP contribution in [0.4, 0.5) is 27.4 Å². The summed E-state index contributed by atoms with van der Waals surface area (Å²) in [5, 5.41) is 5.80. The first-order valence-electron chi connectivity index (χ1n) is 8.38. The van der Waals surface area contributed by atoms with Crippen molar-refractivity contribution in [1.82, 2.24) is 9.97 Å². The number of hydrogen-bond donors (Lipinski definition) is 2. The summed E-state index contributed by atoms with van der Waals surface area (Å²) in [5.41, 5.74) is 3.26. The zero-order chi connectivity index (χ0) is 19.4. The molecular formula is C20H20FN5O. The molecule has 0 unspecified atom stereocenters. The summed E-state index contributed by atoms with van der Waals surface area (Å²) in [7, 11) is 3.94. The van der Waals surface area contributed by atoms with Gasteiger partial charge in [0.25, 0.3) is 5.91 Å². The first-order chi connectivity index (χ1) is 12.9. The van der Waals surface area contributed by atoms with Gasteiger partial charge in [-0.1, -0.05) is 0 Å². The molecule has 7 heteroatoms. The molecule has 27 heavy (non-hydrogen) atoms. The number of carbonyl (C=O) groups excluding carboxylic acids is 1. The lowest BCUT2D eigenvalue weighted by Crippen LogP contribution is -2.15. The van der Waals surface area contributed by atoms with Crippen LogP contribution in [-0.2, 0) is 0 Å². The van der Waals surface area contributed by atoms with Gasteiger partial charge in [-0.2, -0.15) is 0 Å². The number of aromatic nitrogens is 2. The van der Waals surface area contributed by atoms with Gasteiger partial charge in [0.1, 0.15) is 11.5 Å². The summed E-state index contributed by atoms with van der Waals surface area (Å²) < 4.78 is 13.0. The van der Waals surface area contributed by atoms with Gasteiger partial charge in [0, 0.05) is 36.9 Å². The van der Waals surface area contributed by atoms with Crippen molar-refractivity contribution in [2.45, 2.75) is 6.92 Å². The highest BCUT2D eigenvalue weighted by Gasteiger charge is 2.11. The lowest BCUT2D eigenvalue weighted by molar-refractivity contribution is 0.102. The maximum Gasteiger partial charge on any atom is 0.274 e. The van der Waals surface area contributed by atoms with E-state index in [0.717, 1.165) is 11.4 Å². The Labute approximate surface area is 157 Å². The van der Waals surface area contributed by atoms with Crippen molar-refractivity contribution in [3.8, 4) is 0 Å². The van der Waals surface area contributed by atoms with Gasteiger partial charge in [0.2, 0.25) is 5.95 Å². The number of nitrogens with one attached hydrogen (secondary N) is 2. The number of hydrogen-bond acceptors (Lipinski definition) is 5. The second kappa shape index (κ2) is 7.82. The van der Waals surface area contributed by atoms with Gasteiger partial charge in [-0.25, -0.2) is 14.4 Å². The van der Waals surface area contributed by atoms with Crippen LogP contribution < -0.4 is 15.5 Å². The molecule has 0 aliphatic heterocycles. The van der Waals surface area contributed by atoms with E-state index in [0.29, 0.717) is 17.3 Å². The van der Waals surface area contributed by atoms with E-state index in [1.165, 1.54) is 24.3 Å². The van der Waals surface area contributed by atoms with E-state index in [4.69, 9.17) is 0 Å². The second-order valence-electron chi connectivity index (χ2n) is 6.25. The summed E-state index contributed by atoms with van der Waals surface area (Å²) in [4.78, 5) is 23.1. The van der Waals surface area contributed by atoms with Crippen molar-refractivity contribution in [3.63, 3.8) is 0 Å². The quantitative estimate of drug-likeness (QED) is 0.716. The number of anilines is 4. The van der Waals surface area contributed by atoms with Crippen LogP contribution in [0.25, 0.3) is 0 Å². The predicted molar refractivity (Wildman–Crippen MR) is 105 cm³/mol. The molecule has 0 saturated heterocycles. The van der Waals surface area contributed by atoms with Crippen LogP contribution >= 0.6 is 0 Å². The van der Waals surface area contributed by atoms with Crippen LogP contribution in [0.3, 0.4) is 0 Å². The topological polar surface area (TPSA) is 70.2 Å². The number of rotatable bonds is 5. The Kier molecular flexibility index (Phi) is 5.30. The first kappa shape index (κ1) is 18.3. The van der Waals surface area contributed by atoms with Crippen LogP contribution in [0.1, 0.15) is 16.2 Å². The molecule has 138 valence electrons. The molecule has 1 heterocycles. The highest BCUT2D eigenvalue weighted by molar-refractivity contribution is 6.03.